The normalized spacial score (nSPS) is 37.6. The number of fused-ring (bicyclic) bond motifs is 1. The van der Waals surface area contributed by atoms with Gasteiger partial charge in [-0.2, -0.15) is 0 Å². The van der Waals surface area contributed by atoms with E-state index in [9.17, 15) is 9.90 Å². The van der Waals surface area contributed by atoms with Crippen LogP contribution in [0.15, 0.2) is 24.3 Å². The molecule has 21 heavy (non-hydrogen) atoms. The zero-order valence-electron chi connectivity index (χ0n) is 12.6. The third kappa shape index (κ3) is 1.94. The number of aliphatic hydroxyl groups is 1. The van der Waals surface area contributed by atoms with Crippen LogP contribution in [-0.4, -0.2) is 28.6 Å². The number of aryl methyl sites for hydroxylation is 1. The first-order chi connectivity index (χ1) is 10.1. The Labute approximate surface area is 126 Å². The van der Waals surface area contributed by atoms with Gasteiger partial charge in [0.2, 0.25) is 5.91 Å². The van der Waals surface area contributed by atoms with Gasteiger partial charge in [0, 0.05) is 6.54 Å². The molecule has 1 aromatic carbocycles. The van der Waals surface area contributed by atoms with Gasteiger partial charge in [-0.05, 0) is 50.5 Å². The first-order valence-corrected chi connectivity index (χ1v) is 8.15. The van der Waals surface area contributed by atoms with Crippen LogP contribution in [0.25, 0.3) is 0 Å². The Balaban J connectivity index is 1.58. The second kappa shape index (κ2) is 4.57. The molecule has 3 aliphatic carbocycles. The smallest absolute Gasteiger partial charge is 0.229 e. The predicted octanol–water partition coefficient (Wildman–Crippen LogP) is 2.82. The van der Waals surface area contributed by atoms with E-state index in [0.717, 1.165) is 32.2 Å². The Hall–Kier alpha value is -1.35. The van der Waals surface area contributed by atoms with Crippen molar-refractivity contribution in [1.82, 2.24) is 4.90 Å². The Morgan fingerprint density at radius 3 is 2.81 bits per heavy atom. The average Bonchev–Trinajstić information content (AvgIpc) is 3.09. The predicted molar refractivity (Wildman–Crippen MR) is 80.6 cm³/mol. The molecule has 1 aliphatic heterocycles. The van der Waals surface area contributed by atoms with Crippen molar-refractivity contribution >= 4 is 5.91 Å². The summed E-state index contributed by atoms with van der Waals surface area (Å²) in [6, 6.07) is 8.79. The summed E-state index contributed by atoms with van der Waals surface area (Å²) >= 11 is 0. The fraction of sp³-hybridized carbons (Fsp3) is 0.611. The van der Waals surface area contributed by atoms with E-state index in [1.165, 1.54) is 11.1 Å². The van der Waals surface area contributed by atoms with Crippen LogP contribution >= 0.6 is 0 Å². The number of carbonyl (C=O) groups excluding carboxylic acids is 1. The van der Waals surface area contributed by atoms with Gasteiger partial charge < -0.3 is 10.0 Å². The minimum absolute atomic E-state index is 0.226. The Kier molecular flexibility index (Phi) is 2.90. The molecule has 0 spiro atoms. The summed E-state index contributed by atoms with van der Waals surface area (Å²) in [6.07, 6.45) is 4.42. The quantitative estimate of drug-likeness (QED) is 0.907. The molecule has 2 bridgehead atoms. The molecule has 5 rings (SSSR count). The highest BCUT2D eigenvalue weighted by atomic mass is 16.3. The number of nitrogens with zero attached hydrogens (tertiary/aromatic N) is 1. The van der Waals surface area contributed by atoms with Crippen LogP contribution in [0, 0.1) is 18.3 Å². The third-order valence-corrected chi connectivity index (χ3v) is 5.84. The molecule has 4 fully saturated rings. The van der Waals surface area contributed by atoms with Crippen molar-refractivity contribution in [2.75, 3.05) is 6.54 Å². The molecule has 1 N–H and O–H groups in total. The molecular weight excluding hydrogens is 262 g/mol. The largest absolute Gasteiger partial charge is 0.393 e. The van der Waals surface area contributed by atoms with Crippen molar-refractivity contribution < 1.29 is 9.90 Å². The van der Waals surface area contributed by atoms with Gasteiger partial charge in [0.1, 0.15) is 0 Å². The van der Waals surface area contributed by atoms with Crippen LogP contribution in [0.3, 0.4) is 0 Å². The maximum atomic E-state index is 13.0. The van der Waals surface area contributed by atoms with Gasteiger partial charge in [-0.15, -0.1) is 0 Å². The summed E-state index contributed by atoms with van der Waals surface area (Å²) in [5, 5.41) is 9.94. The number of hydrogen-bond donors (Lipinski definition) is 1. The van der Waals surface area contributed by atoms with Gasteiger partial charge >= 0.3 is 0 Å². The van der Waals surface area contributed by atoms with Crippen molar-refractivity contribution in [1.29, 1.82) is 0 Å². The lowest BCUT2D eigenvalue weighted by Crippen LogP contribution is -2.46. The first kappa shape index (κ1) is 13.3. The van der Waals surface area contributed by atoms with Crippen molar-refractivity contribution in [3.8, 4) is 0 Å². The molecule has 1 saturated heterocycles. The molecule has 0 aromatic heterocycles. The van der Waals surface area contributed by atoms with Crippen molar-refractivity contribution in [3.05, 3.63) is 35.4 Å². The maximum absolute atomic E-state index is 13.0. The van der Waals surface area contributed by atoms with E-state index in [-0.39, 0.29) is 17.6 Å². The molecule has 2 atom stereocenters. The lowest BCUT2D eigenvalue weighted by molar-refractivity contribution is -0.147. The zero-order valence-corrected chi connectivity index (χ0v) is 12.6. The summed E-state index contributed by atoms with van der Waals surface area (Å²) < 4.78 is 0. The van der Waals surface area contributed by atoms with E-state index in [1.807, 2.05) is 0 Å². The SMILES string of the molecule is Cc1cccc(C2CCCN2C(=O)C23CC(O)C(C2)C3)c1. The fourth-order valence-corrected chi connectivity index (χ4v) is 4.75. The van der Waals surface area contributed by atoms with Crippen LogP contribution in [0.1, 0.15) is 49.3 Å². The van der Waals surface area contributed by atoms with E-state index in [2.05, 4.69) is 36.1 Å². The number of hydrogen-bond acceptors (Lipinski definition) is 2. The summed E-state index contributed by atoms with van der Waals surface area (Å²) in [4.78, 5) is 15.1. The van der Waals surface area contributed by atoms with Crippen LogP contribution in [0.5, 0.6) is 0 Å². The van der Waals surface area contributed by atoms with Gasteiger partial charge in [0.15, 0.2) is 0 Å². The standard InChI is InChI=1S/C18H23NO2/c1-12-4-2-5-13(8-12)15-6-3-7-19(15)17(21)18-9-14(10-18)16(20)11-18/h2,4-5,8,14-16,20H,3,6-7,9-11H2,1H3. The number of aliphatic hydroxyl groups excluding tert-OH is 1. The molecule has 112 valence electrons. The Morgan fingerprint density at radius 1 is 1.33 bits per heavy atom. The van der Waals surface area contributed by atoms with Gasteiger partial charge in [-0.25, -0.2) is 0 Å². The minimum atomic E-state index is -0.242. The molecule has 4 aliphatic rings. The maximum Gasteiger partial charge on any atom is 0.229 e. The number of carbonyl (C=O) groups is 1. The lowest BCUT2D eigenvalue weighted by atomic mass is 9.68. The Morgan fingerprint density at radius 2 is 2.14 bits per heavy atom. The molecule has 0 radical (unpaired) electrons. The highest BCUT2D eigenvalue weighted by Crippen LogP contribution is 2.60. The molecule has 1 aromatic rings. The molecule has 1 heterocycles. The molecule has 3 heteroatoms. The summed E-state index contributed by atoms with van der Waals surface area (Å²) in [6.45, 7) is 2.98. The van der Waals surface area contributed by atoms with Gasteiger partial charge in [0.05, 0.1) is 17.6 Å². The van der Waals surface area contributed by atoms with Crippen LogP contribution in [0.4, 0.5) is 0 Å². The molecule has 3 saturated carbocycles. The number of benzene rings is 1. The van der Waals surface area contributed by atoms with E-state index >= 15 is 0 Å². The van der Waals surface area contributed by atoms with Gasteiger partial charge in [-0.3, -0.25) is 4.79 Å². The van der Waals surface area contributed by atoms with Crippen LogP contribution in [-0.2, 0) is 4.79 Å². The third-order valence-electron chi connectivity index (χ3n) is 5.84. The van der Waals surface area contributed by atoms with Crippen molar-refractivity contribution in [2.24, 2.45) is 11.3 Å². The van der Waals surface area contributed by atoms with Crippen LogP contribution < -0.4 is 0 Å². The molecule has 1 amide bonds. The Bertz CT molecular complexity index is 576. The number of rotatable bonds is 2. The van der Waals surface area contributed by atoms with Crippen molar-refractivity contribution in [3.63, 3.8) is 0 Å². The van der Waals surface area contributed by atoms with E-state index in [1.54, 1.807) is 0 Å². The summed E-state index contributed by atoms with van der Waals surface area (Å²) in [5.41, 5.74) is 2.30. The summed E-state index contributed by atoms with van der Waals surface area (Å²) in [7, 11) is 0. The molecular formula is C18H23NO2. The number of amides is 1. The van der Waals surface area contributed by atoms with Crippen molar-refractivity contribution in [2.45, 2.75) is 51.2 Å². The highest BCUT2D eigenvalue weighted by molar-refractivity contribution is 5.85. The molecule has 3 nitrogen and oxygen atoms in total. The van der Waals surface area contributed by atoms with Gasteiger partial charge in [-0.1, -0.05) is 29.8 Å². The minimum Gasteiger partial charge on any atom is -0.393 e. The van der Waals surface area contributed by atoms with Gasteiger partial charge in [0.25, 0.3) is 0 Å². The van der Waals surface area contributed by atoms with Crippen LogP contribution in [0.2, 0.25) is 0 Å². The average molecular weight is 285 g/mol. The molecule has 2 unspecified atom stereocenters. The lowest BCUT2D eigenvalue weighted by Gasteiger charge is -2.41. The van der Waals surface area contributed by atoms with E-state index in [4.69, 9.17) is 0 Å². The number of likely N-dealkylation sites (tertiary alicyclic amines) is 1. The first-order valence-electron chi connectivity index (χ1n) is 8.15. The fourth-order valence-electron chi connectivity index (χ4n) is 4.75. The van der Waals surface area contributed by atoms with E-state index in [0.29, 0.717) is 18.2 Å². The summed E-state index contributed by atoms with van der Waals surface area (Å²) in [5.74, 6) is 0.688. The second-order valence-corrected chi connectivity index (χ2v) is 7.29. The zero-order chi connectivity index (χ0) is 14.6. The topological polar surface area (TPSA) is 40.5 Å². The monoisotopic (exact) mass is 285 g/mol. The second-order valence-electron chi connectivity index (χ2n) is 7.29. The highest BCUT2D eigenvalue weighted by Gasteiger charge is 2.61. The van der Waals surface area contributed by atoms with E-state index < -0.39 is 0 Å².